The molecule has 2 aromatic rings. The van der Waals surface area contributed by atoms with Crippen molar-refractivity contribution in [2.24, 2.45) is 0 Å². The molecule has 3 N–H and O–H groups in total. The van der Waals surface area contributed by atoms with Crippen LogP contribution in [0.15, 0.2) is 35.2 Å². The van der Waals surface area contributed by atoms with Crippen molar-refractivity contribution < 1.29 is 17.2 Å². The Balaban J connectivity index is 2.46. The van der Waals surface area contributed by atoms with Crippen molar-refractivity contribution in [3.8, 4) is 0 Å². The minimum absolute atomic E-state index is 0.0897. The molecule has 0 amide bonds. The van der Waals surface area contributed by atoms with Crippen LogP contribution in [0, 0.1) is 11.6 Å². The summed E-state index contributed by atoms with van der Waals surface area (Å²) in [6, 6.07) is 4.80. The molecule has 0 heterocycles. The first kappa shape index (κ1) is 15.8. The quantitative estimate of drug-likeness (QED) is 0.828. The Kier molecular flexibility index (Phi) is 4.27. The Morgan fingerprint density at radius 3 is 2.38 bits per heavy atom. The van der Waals surface area contributed by atoms with E-state index in [1.165, 1.54) is 6.07 Å². The summed E-state index contributed by atoms with van der Waals surface area (Å²) < 4.78 is 52.6. The summed E-state index contributed by atoms with van der Waals surface area (Å²) in [4.78, 5) is -0.366. The number of hydrogen-bond donors (Lipinski definition) is 2. The lowest BCUT2D eigenvalue weighted by atomic mass is 10.3. The van der Waals surface area contributed by atoms with Gasteiger partial charge in [-0.25, -0.2) is 17.2 Å². The summed E-state index contributed by atoms with van der Waals surface area (Å²) >= 11 is 11.5. The van der Waals surface area contributed by atoms with Crippen LogP contribution in [-0.2, 0) is 10.0 Å². The first-order valence-electron chi connectivity index (χ1n) is 5.43. The van der Waals surface area contributed by atoms with Crippen LogP contribution < -0.4 is 10.5 Å². The molecule has 0 spiro atoms. The largest absolute Gasteiger partial charge is 0.396 e. The highest BCUT2D eigenvalue weighted by molar-refractivity contribution is 7.92. The molecule has 0 saturated carbocycles. The SMILES string of the molecule is Nc1c(Cl)ccc(S(=O)(=O)Nc2ccc(F)cc2F)c1Cl. The van der Waals surface area contributed by atoms with E-state index in [9.17, 15) is 17.2 Å². The highest BCUT2D eigenvalue weighted by Gasteiger charge is 2.22. The van der Waals surface area contributed by atoms with Gasteiger partial charge >= 0.3 is 0 Å². The molecule has 21 heavy (non-hydrogen) atoms. The lowest BCUT2D eigenvalue weighted by molar-refractivity contribution is 0.583. The number of nitrogens with two attached hydrogens (primary N) is 1. The number of halogens is 4. The highest BCUT2D eigenvalue weighted by atomic mass is 35.5. The molecule has 0 unspecified atom stereocenters. The molecule has 0 aromatic heterocycles. The molecule has 2 rings (SSSR count). The molecule has 0 aliphatic carbocycles. The molecule has 9 heteroatoms. The van der Waals surface area contributed by atoms with Gasteiger partial charge in [-0.3, -0.25) is 4.72 Å². The third-order valence-corrected chi connectivity index (χ3v) is 4.81. The zero-order valence-electron chi connectivity index (χ0n) is 10.2. The number of benzene rings is 2. The van der Waals surface area contributed by atoms with Crippen molar-refractivity contribution in [2.75, 3.05) is 10.5 Å². The minimum Gasteiger partial charge on any atom is -0.396 e. The van der Waals surface area contributed by atoms with Crippen LogP contribution in [0.25, 0.3) is 0 Å². The molecule has 0 aliphatic rings. The van der Waals surface area contributed by atoms with E-state index in [-0.39, 0.29) is 20.6 Å². The van der Waals surface area contributed by atoms with Crippen molar-refractivity contribution in [1.29, 1.82) is 0 Å². The van der Waals surface area contributed by atoms with Gasteiger partial charge in [0.05, 0.1) is 21.4 Å². The Bertz CT molecular complexity index is 813. The minimum atomic E-state index is -4.20. The molecule has 0 atom stereocenters. The molecule has 0 radical (unpaired) electrons. The summed E-state index contributed by atoms with van der Waals surface area (Å²) in [5, 5.41) is -0.190. The van der Waals surface area contributed by atoms with Crippen LogP contribution in [0.5, 0.6) is 0 Å². The Labute approximate surface area is 129 Å². The standard InChI is InChI=1S/C12H8Cl2F2N2O2S/c13-7-2-4-10(11(14)12(7)17)21(19,20)18-9-3-1-6(15)5-8(9)16/h1-5,18H,17H2. The van der Waals surface area contributed by atoms with E-state index in [1.807, 2.05) is 4.72 Å². The molecule has 0 bridgehead atoms. The van der Waals surface area contributed by atoms with Gasteiger partial charge in [0, 0.05) is 6.07 Å². The highest BCUT2D eigenvalue weighted by Crippen LogP contribution is 2.34. The van der Waals surface area contributed by atoms with Crippen LogP contribution in [0.1, 0.15) is 0 Å². The number of nitrogen functional groups attached to an aromatic ring is 1. The fourth-order valence-electron chi connectivity index (χ4n) is 1.53. The van der Waals surface area contributed by atoms with Crippen molar-refractivity contribution in [3.05, 3.63) is 52.0 Å². The van der Waals surface area contributed by atoms with Gasteiger partial charge in [-0.15, -0.1) is 0 Å². The van der Waals surface area contributed by atoms with Crippen LogP contribution in [0.2, 0.25) is 10.0 Å². The smallest absolute Gasteiger partial charge is 0.263 e. The van der Waals surface area contributed by atoms with Gasteiger partial charge in [0.25, 0.3) is 10.0 Å². The van der Waals surface area contributed by atoms with E-state index < -0.39 is 27.3 Å². The third-order valence-electron chi connectivity index (χ3n) is 2.56. The average Bonchev–Trinajstić information content (AvgIpc) is 2.39. The Morgan fingerprint density at radius 2 is 1.76 bits per heavy atom. The normalized spacial score (nSPS) is 11.4. The zero-order valence-corrected chi connectivity index (χ0v) is 12.5. The first-order valence-corrected chi connectivity index (χ1v) is 7.67. The average molecular weight is 353 g/mol. The zero-order chi connectivity index (χ0) is 15.8. The lowest BCUT2D eigenvalue weighted by Gasteiger charge is -2.12. The number of sulfonamides is 1. The third kappa shape index (κ3) is 3.20. The summed E-state index contributed by atoms with van der Waals surface area (Å²) in [5.74, 6) is -1.89. The predicted molar refractivity (Wildman–Crippen MR) is 78.0 cm³/mol. The van der Waals surface area contributed by atoms with E-state index in [4.69, 9.17) is 28.9 Å². The monoisotopic (exact) mass is 352 g/mol. The van der Waals surface area contributed by atoms with Crippen molar-refractivity contribution in [2.45, 2.75) is 4.90 Å². The fraction of sp³-hybridized carbons (Fsp3) is 0. The van der Waals surface area contributed by atoms with Gasteiger partial charge in [-0.2, -0.15) is 0 Å². The maximum absolute atomic E-state index is 13.5. The summed E-state index contributed by atoms with van der Waals surface area (Å²) in [7, 11) is -4.20. The molecule has 0 aliphatic heterocycles. The van der Waals surface area contributed by atoms with Gasteiger partial charge in [0.1, 0.15) is 16.5 Å². The maximum Gasteiger partial charge on any atom is 0.263 e. The molecular formula is C12H8Cl2F2N2O2S. The van der Waals surface area contributed by atoms with E-state index in [0.717, 1.165) is 18.2 Å². The second-order valence-electron chi connectivity index (χ2n) is 4.00. The summed E-state index contributed by atoms with van der Waals surface area (Å²) in [6.45, 7) is 0. The van der Waals surface area contributed by atoms with Gasteiger partial charge in [0.2, 0.25) is 0 Å². The van der Waals surface area contributed by atoms with Crippen LogP contribution in [0.4, 0.5) is 20.2 Å². The Hall–Kier alpha value is -1.57. The number of nitrogens with one attached hydrogen (secondary N) is 1. The first-order chi connectivity index (χ1) is 9.72. The number of anilines is 2. The maximum atomic E-state index is 13.5. The van der Waals surface area contributed by atoms with Crippen molar-refractivity contribution >= 4 is 44.6 Å². The molecular weight excluding hydrogens is 345 g/mol. The van der Waals surface area contributed by atoms with Crippen molar-refractivity contribution in [3.63, 3.8) is 0 Å². The molecule has 0 saturated heterocycles. The van der Waals surface area contributed by atoms with Gasteiger partial charge in [-0.1, -0.05) is 23.2 Å². The second kappa shape index (κ2) is 5.67. The molecule has 0 fully saturated rings. The second-order valence-corrected chi connectivity index (χ2v) is 6.44. The topological polar surface area (TPSA) is 72.2 Å². The molecule has 4 nitrogen and oxygen atoms in total. The van der Waals surface area contributed by atoms with E-state index in [0.29, 0.717) is 6.07 Å². The summed E-state index contributed by atoms with van der Waals surface area (Å²) in [5.41, 5.74) is 5.02. The predicted octanol–water partition coefficient (Wildman–Crippen LogP) is 3.65. The van der Waals surface area contributed by atoms with Crippen molar-refractivity contribution in [1.82, 2.24) is 0 Å². The number of hydrogen-bond acceptors (Lipinski definition) is 3. The molecule has 112 valence electrons. The van der Waals surface area contributed by atoms with E-state index in [2.05, 4.69) is 0 Å². The molecule has 2 aromatic carbocycles. The van der Waals surface area contributed by atoms with Crippen LogP contribution in [-0.4, -0.2) is 8.42 Å². The lowest BCUT2D eigenvalue weighted by Crippen LogP contribution is -2.15. The van der Waals surface area contributed by atoms with Crippen LogP contribution >= 0.6 is 23.2 Å². The number of rotatable bonds is 3. The van der Waals surface area contributed by atoms with Gasteiger partial charge in [-0.05, 0) is 24.3 Å². The van der Waals surface area contributed by atoms with Crippen LogP contribution in [0.3, 0.4) is 0 Å². The van der Waals surface area contributed by atoms with E-state index in [1.54, 1.807) is 0 Å². The van der Waals surface area contributed by atoms with Gasteiger partial charge < -0.3 is 5.73 Å². The van der Waals surface area contributed by atoms with E-state index >= 15 is 0 Å². The fourth-order valence-corrected chi connectivity index (χ4v) is 3.36. The Morgan fingerprint density at radius 1 is 1.10 bits per heavy atom. The van der Waals surface area contributed by atoms with Gasteiger partial charge in [0.15, 0.2) is 0 Å². The summed E-state index contributed by atoms with van der Waals surface area (Å²) in [6.07, 6.45) is 0.